The zero-order chi connectivity index (χ0) is 13.2. The summed E-state index contributed by atoms with van der Waals surface area (Å²) in [6, 6.07) is 0. The van der Waals surface area contributed by atoms with E-state index in [-0.39, 0.29) is 0 Å². The second-order valence-electron chi connectivity index (χ2n) is 5.45. The summed E-state index contributed by atoms with van der Waals surface area (Å²) in [5.74, 6) is 0. The number of nitrogens with zero attached hydrogens (tertiary/aromatic N) is 3. The molecule has 5 heteroatoms. The van der Waals surface area contributed by atoms with Crippen LogP contribution in [0.4, 0.5) is 0 Å². The van der Waals surface area contributed by atoms with E-state index in [2.05, 4.69) is 46.5 Å². The smallest absolute Gasteiger partial charge is 0.0110 e. The van der Waals surface area contributed by atoms with Crippen molar-refractivity contribution in [2.24, 2.45) is 0 Å². The number of hydrogen-bond donors (Lipinski definition) is 2. The molecule has 1 saturated heterocycles. The van der Waals surface area contributed by atoms with Crippen molar-refractivity contribution in [2.45, 2.75) is 0 Å². The second-order valence-corrected chi connectivity index (χ2v) is 5.45. The topological polar surface area (TPSA) is 33.8 Å². The van der Waals surface area contributed by atoms with Gasteiger partial charge in [-0.15, -0.1) is 0 Å². The molecule has 18 heavy (non-hydrogen) atoms. The molecule has 0 spiro atoms. The average Bonchev–Trinajstić information content (AvgIpc) is 2.34. The molecular weight excluding hydrogens is 226 g/mol. The van der Waals surface area contributed by atoms with E-state index in [1.807, 2.05) is 0 Å². The van der Waals surface area contributed by atoms with Gasteiger partial charge in [-0.2, -0.15) is 0 Å². The van der Waals surface area contributed by atoms with Gasteiger partial charge in [0.25, 0.3) is 0 Å². The van der Waals surface area contributed by atoms with E-state index in [0.29, 0.717) is 0 Å². The third-order valence-corrected chi connectivity index (χ3v) is 3.42. The van der Waals surface area contributed by atoms with Gasteiger partial charge in [-0.3, -0.25) is 4.90 Å². The molecule has 1 aliphatic rings. The lowest BCUT2D eigenvalue weighted by Gasteiger charge is -2.32. The fourth-order valence-electron chi connectivity index (χ4n) is 2.04. The summed E-state index contributed by atoms with van der Waals surface area (Å²) in [7, 11) is 6.42. The van der Waals surface area contributed by atoms with E-state index in [4.69, 9.17) is 0 Å². The van der Waals surface area contributed by atoms with Crippen molar-refractivity contribution >= 4 is 0 Å². The number of likely N-dealkylation sites (N-methyl/N-ethyl adjacent to an activating group) is 2. The highest BCUT2D eigenvalue weighted by atomic mass is 15.2. The van der Waals surface area contributed by atoms with Crippen molar-refractivity contribution in [2.75, 3.05) is 86.6 Å². The van der Waals surface area contributed by atoms with Crippen LogP contribution in [0.2, 0.25) is 0 Å². The highest BCUT2D eigenvalue weighted by Crippen LogP contribution is 1.97. The van der Waals surface area contributed by atoms with Crippen LogP contribution in [-0.2, 0) is 0 Å². The molecule has 0 saturated carbocycles. The minimum absolute atomic E-state index is 1.07. The standard InChI is InChI=1S/C13H31N5/c1-16(2)8-6-14-4-5-15-7-9-18-12-10-17(3)11-13-18/h14-15H,4-13H2,1-3H3. The Morgan fingerprint density at radius 2 is 1.50 bits per heavy atom. The van der Waals surface area contributed by atoms with E-state index in [9.17, 15) is 0 Å². The Morgan fingerprint density at radius 3 is 2.11 bits per heavy atom. The minimum Gasteiger partial charge on any atom is -0.314 e. The predicted octanol–water partition coefficient (Wildman–Crippen LogP) is -1.03. The maximum atomic E-state index is 3.50. The van der Waals surface area contributed by atoms with Crippen molar-refractivity contribution in [3.8, 4) is 0 Å². The Hall–Kier alpha value is -0.200. The maximum Gasteiger partial charge on any atom is 0.0110 e. The van der Waals surface area contributed by atoms with Gasteiger partial charge in [0.15, 0.2) is 0 Å². The molecule has 5 nitrogen and oxygen atoms in total. The molecule has 0 bridgehead atoms. The lowest BCUT2D eigenvalue weighted by atomic mass is 10.3. The van der Waals surface area contributed by atoms with Gasteiger partial charge in [0.2, 0.25) is 0 Å². The molecule has 0 unspecified atom stereocenters. The van der Waals surface area contributed by atoms with E-state index in [0.717, 1.165) is 32.7 Å². The molecule has 2 N–H and O–H groups in total. The molecule has 1 aliphatic heterocycles. The lowest BCUT2D eigenvalue weighted by Crippen LogP contribution is -2.46. The van der Waals surface area contributed by atoms with Crippen LogP contribution in [0.3, 0.4) is 0 Å². The summed E-state index contributed by atoms with van der Waals surface area (Å²) in [6.07, 6.45) is 0. The van der Waals surface area contributed by atoms with Gasteiger partial charge in [0.05, 0.1) is 0 Å². The Labute approximate surface area is 112 Å². The van der Waals surface area contributed by atoms with Gasteiger partial charge in [-0.1, -0.05) is 0 Å². The molecule has 1 heterocycles. The van der Waals surface area contributed by atoms with E-state index < -0.39 is 0 Å². The fourth-order valence-corrected chi connectivity index (χ4v) is 2.04. The fraction of sp³-hybridized carbons (Fsp3) is 1.00. The van der Waals surface area contributed by atoms with E-state index in [1.165, 1.54) is 32.7 Å². The van der Waals surface area contributed by atoms with Gasteiger partial charge in [-0.05, 0) is 21.1 Å². The number of rotatable bonds is 9. The Morgan fingerprint density at radius 1 is 0.889 bits per heavy atom. The normalized spacial score (nSPS) is 18.7. The Bertz CT molecular complexity index is 190. The summed E-state index contributed by atoms with van der Waals surface area (Å²) in [6.45, 7) is 11.5. The molecule has 108 valence electrons. The Balaban J connectivity index is 1.81. The third kappa shape index (κ3) is 8.00. The largest absolute Gasteiger partial charge is 0.314 e. The van der Waals surface area contributed by atoms with Crippen LogP contribution in [0.5, 0.6) is 0 Å². The van der Waals surface area contributed by atoms with Crippen LogP contribution >= 0.6 is 0 Å². The van der Waals surface area contributed by atoms with Crippen molar-refractivity contribution in [3.63, 3.8) is 0 Å². The molecule has 0 atom stereocenters. The molecule has 0 aromatic heterocycles. The van der Waals surface area contributed by atoms with Crippen LogP contribution in [0.1, 0.15) is 0 Å². The lowest BCUT2D eigenvalue weighted by molar-refractivity contribution is 0.155. The molecule has 0 aromatic carbocycles. The number of piperazine rings is 1. The summed E-state index contributed by atoms with van der Waals surface area (Å²) in [5, 5.41) is 6.94. The van der Waals surface area contributed by atoms with Crippen LogP contribution < -0.4 is 10.6 Å². The van der Waals surface area contributed by atoms with Crippen molar-refractivity contribution in [3.05, 3.63) is 0 Å². The first-order valence-electron chi connectivity index (χ1n) is 7.15. The summed E-state index contributed by atoms with van der Waals surface area (Å²) in [4.78, 5) is 7.15. The highest BCUT2D eigenvalue weighted by molar-refractivity contribution is 4.69. The molecule has 0 amide bonds. The van der Waals surface area contributed by atoms with Gasteiger partial charge in [-0.25, -0.2) is 0 Å². The first-order valence-corrected chi connectivity index (χ1v) is 7.15. The SMILES string of the molecule is CN(C)CCNCCNCCN1CCN(C)CC1. The molecule has 1 rings (SSSR count). The van der Waals surface area contributed by atoms with Crippen molar-refractivity contribution < 1.29 is 0 Å². The monoisotopic (exact) mass is 257 g/mol. The molecule has 1 fully saturated rings. The number of nitrogens with one attached hydrogen (secondary N) is 2. The van der Waals surface area contributed by atoms with Crippen LogP contribution in [0.15, 0.2) is 0 Å². The van der Waals surface area contributed by atoms with Crippen molar-refractivity contribution in [1.29, 1.82) is 0 Å². The first-order chi connectivity index (χ1) is 8.68. The summed E-state index contributed by atoms with van der Waals surface area (Å²) >= 11 is 0. The third-order valence-electron chi connectivity index (χ3n) is 3.42. The first kappa shape index (κ1) is 15.9. The van der Waals surface area contributed by atoms with Gasteiger partial charge in [0.1, 0.15) is 0 Å². The average molecular weight is 257 g/mol. The summed E-state index contributed by atoms with van der Waals surface area (Å²) < 4.78 is 0. The molecule has 0 radical (unpaired) electrons. The highest BCUT2D eigenvalue weighted by Gasteiger charge is 2.12. The summed E-state index contributed by atoms with van der Waals surface area (Å²) in [5.41, 5.74) is 0. The van der Waals surface area contributed by atoms with Gasteiger partial charge >= 0.3 is 0 Å². The minimum atomic E-state index is 1.07. The zero-order valence-corrected chi connectivity index (χ0v) is 12.4. The van der Waals surface area contributed by atoms with Crippen LogP contribution in [-0.4, -0.2) is 101 Å². The van der Waals surface area contributed by atoms with E-state index >= 15 is 0 Å². The number of hydrogen-bond acceptors (Lipinski definition) is 5. The quantitative estimate of drug-likeness (QED) is 0.517. The maximum absolute atomic E-state index is 3.50. The van der Waals surface area contributed by atoms with E-state index in [1.54, 1.807) is 0 Å². The molecular formula is C13H31N5. The molecule has 0 aliphatic carbocycles. The van der Waals surface area contributed by atoms with Gasteiger partial charge in [0, 0.05) is 65.4 Å². The van der Waals surface area contributed by atoms with Crippen LogP contribution in [0, 0.1) is 0 Å². The zero-order valence-electron chi connectivity index (χ0n) is 12.4. The second kappa shape index (κ2) is 9.69. The van der Waals surface area contributed by atoms with Crippen LogP contribution in [0.25, 0.3) is 0 Å². The molecule has 0 aromatic rings. The Kier molecular flexibility index (Phi) is 8.54. The van der Waals surface area contributed by atoms with Crippen molar-refractivity contribution in [1.82, 2.24) is 25.3 Å². The predicted molar refractivity (Wildman–Crippen MR) is 78.2 cm³/mol. The van der Waals surface area contributed by atoms with Gasteiger partial charge < -0.3 is 20.4 Å².